The van der Waals surface area contributed by atoms with Crippen LogP contribution in [0.25, 0.3) is 0 Å². The fourth-order valence-corrected chi connectivity index (χ4v) is 2.48. The number of carbonyl (C=O) groups is 1. The lowest BCUT2D eigenvalue weighted by Crippen LogP contribution is -2.40. The van der Waals surface area contributed by atoms with Gasteiger partial charge >= 0.3 is 5.97 Å². The fraction of sp³-hybridized carbons (Fsp3) is 0.455. The molecule has 0 amide bonds. The van der Waals surface area contributed by atoms with Crippen molar-refractivity contribution in [3.63, 3.8) is 0 Å². The van der Waals surface area contributed by atoms with Gasteiger partial charge in [0.15, 0.2) is 0 Å². The first-order valence-corrected chi connectivity index (χ1v) is 7.12. The van der Waals surface area contributed by atoms with Crippen LogP contribution in [0.3, 0.4) is 0 Å². The summed E-state index contributed by atoms with van der Waals surface area (Å²) in [4.78, 5) is 14.3. The zero-order chi connectivity index (χ0) is 14.5. The SMILES string of the molecule is CC(NS(=O)(=O)N(C)CCC(=O)O)c1cccnc1. The van der Waals surface area contributed by atoms with Crippen molar-refractivity contribution in [2.75, 3.05) is 13.6 Å². The number of rotatable bonds is 7. The van der Waals surface area contributed by atoms with E-state index in [2.05, 4.69) is 9.71 Å². The van der Waals surface area contributed by atoms with Crippen LogP contribution in [0.15, 0.2) is 24.5 Å². The molecule has 106 valence electrons. The van der Waals surface area contributed by atoms with Crippen molar-refractivity contribution in [3.8, 4) is 0 Å². The molecule has 0 aliphatic rings. The van der Waals surface area contributed by atoms with E-state index in [0.29, 0.717) is 0 Å². The van der Waals surface area contributed by atoms with Crippen LogP contribution in [0.4, 0.5) is 0 Å². The molecule has 7 nitrogen and oxygen atoms in total. The summed E-state index contributed by atoms with van der Waals surface area (Å²) in [5.74, 6) is -1.04. The summed E-state index contributed by atoms with van der Waals surface area (Å²) in [5.41, 5.74) is 0.734. The van der Waals surface area contributed by atoms with Crippen LogP contribution in [-0.4, -0.2) is 42.4 Å². The van der Waals surface area contributed by atoms with E-state index in [0.717, 1.165) is 9.87 Å². The van der Waals surface area contributed by atoms with Gasteiger partial charge in [0, 0.05) is 32.0 Å². The number of nitrogens with one attached hydrogen (secondary N) is 1. The first-order valence-electron chi connectivity index (χ1n) is 5.68. The number of hydrogen-bond donors (Lipinski definition) is 2. The normalized spacial score (nSPS) is 13.4. The molecule has 1 aromatic rings. The molecular formula is C11H17N3O4S. The lowest BCUT2D eigenvalue weighted by atomic mass is 10.2. The van der Waals surface area contributed by atoms with Gasteiger partial charge in [0.2, 0.25) is 0 Å². The van der Waals surface area contributed by atoms with Crippen LogP contribution in [-0.2, 0) is 15.0 Å². The van der Waals surface area contributed by atoms with Crippen LogP contribution in [0.1, 0.15) is 24.9 Å². The molecule has 0 fully saturated rings. The molecule has 0 aliphatic carbocycles. The van der Waals surface area contributed by atoms with Gasteiger partial charge < -0.3 is 5.11 Å². The minimum atomic E-state index is -3.71. The average Bonchev–Trinajstić information content (AvgIpc) is 2.36. The maximum Gasteiger partial charge on any atom is 0.304 e. The van der Waals surface area contributed by atoms with Crippen molar-refractivity contribution in [2.24, 2.45) is 0 Å². The Morgan fingerprint density at radius 2 is 2.26 bits per heavy atom. The molecule has 0 aromatic carbocycles. The molecule has 0 saturated carbocycles. The number of carboxylic acid groups (broad SMARTS) is 1. The lowest BCUT2D eigenvalue weighted by molar-refractivity contribution is -0.137. The van der Waals surface area contributed by atoms with Crippen LogP contribution >= 0.6 is 0 Å². The third-order valence-corrected chi connectivity index (χ3v) is 4.22. The predicted molar refractivity (Wildman–Crippen MR) is 69.6 cm³/mol. The van der Waals surface area contributed by atoms with E-state index in [4.69, 9.17) is 5.11 Å². The Bertz CT molecular complexity index is 518. The van der Waals surface area contributed by atoms with Gasteiger partial charge in [-0.1, -0.05) is 6.07 Å². The van der Waals surface area contributed by atoms with E-state index in [1.165, 1.54) is 7.05 Å². The van der Waals surface area contributed by atoms with Crippen LogP contribution in [0.2, 0.25) is 0 Å². The van der Waals surface area contributed by atoms with Gasteiger partial charge in [0.1, 0.15) is 0 Å². The fourth-order valence-electron chi connectivity index (χ4n) is 1.39. The van der Waals surface area contributed by atoms with Gasteiger partial charge in [-0.15, -0.1) is 0 Å². The van der Waals surface area contributed by atoms with Crippen molar-refractivity contribution >= 4 is 16.2 Å². The Morgan fingerprint density at radius 1 is 1.58 bits per heavy atom. The van der Waals surface area contributed by atoms with Crippen molar-refractivity contribution in [3.05, 3.63) is 30.1 Å². The summed E-state index contributed by atoms with van der Waals surface area (Å²) in [6.07, 6.45) is 2.94. The van der Waals surface area contributed by atoms with Gasteiger partial charge in [-0.2, -0.15) is 17.4 Å². The highest BCUT2D eigenvalue weighted by Crippen LogP contribution is 2.12. The Labute approximate surface area is 112 Å². The third-order valence-electron chi connectivity index (χ3n) is 2.56. The van der Waals surface area contributed by atoms with Gasteiger partial charge in [0.25, 0.3) is 10.2 Å². The first kappa shape index (κ1) is 15.5. The second kappa shape index (κ2) is 6.60. The van der Waals surface area contributed by atoms with Crippen molar-refractivity contribution in [1.82, 2.24) is 14.0 Å². The lowest BCUT2D eigenvalue weighted by Gasteiger charge is -2.20. The van der Waals surface area contributed by atoms with Gasteiger partial charge in [-0.25, -0.2) is 0 Å². The van der Waals surface area contributed by atoms with E-state index in [9.17, 15) is 13.2 Å². The van der Waals surface area contributed by atoms with E-state index < -0.39 is 22.2 Å². The van der Waals surface area contributed by atoms with Crippen molar-refractivity contribution < 1.29 is 18.3 Å². The summed E-state index contributed by atoms with van der Waals surface area (Å²) < 4.78 is 27.3. The average molecular weight is 287 g/mol. The van der Waals surface area contributed by atoms with Crippen LogP contribution in [0.5, 0.6) is 0 Å². The van der Waals surface area contributed by atoms with E-state index in [1.807, 2.05) is 0 Å². The zero-order valence-electron chi connectivity index (χ0n) is 10.8. The summed E-state index contributed by atoms with van der Waals surface area (Å²) in [6.45, 7) is 1.62. The second-order valence-corrected chi connectivity index (χ2v) is 5.91. The van der Waals surface area contributed by atoms with E-state index in [1.54, 1.807) is 31.5 Å². The summed E-state index contributed by atoms with van der Waals surface area (Å²) in [5, 5.41) is 8.54. The largest absolute Gasteiger partial charge is 0.481 e. The highest BCUT2D eigenvalue weighted by atomic mass is 32.2. The number of carboxylic acids is 1. The summed E-state index contributed by atoms with van der Waals surface area (Å²) >= 11 is 0. The standard InChI is InChI=1S/C11H17N3O4S/c1-9(10-4-3-6-12-8-10)13-19(17,18)14(2)7-5-11(15)16/h3-4,6,8-9,13H,5,7H2,1-2H3,(H,15,16). The van der Waals surface area contributed by atoms with Gasteiger partial charge in [-0.05, 0) is 18.6 Å². The molecule has 1 heterocycles. The maximum atomic E-state index is 11.9. The zero-order valence-corrected chi connectivity index (χ0v) is 11.6. The molecule has 8 heteroatoms. The monoisotopic (exact) mass is 287 g/mol. The molecule has 1 atom stereocenters. The molecule has 0 radical (unpaired) electrons. The molecule has 1 aromatic heterocycles. The third kappa shape index (κ3) is 4.93. The molecule has 1 rings (SSSR count). The van der Waals surface area contributed by atoms with E-state index in [-0.39, 0.29) is 13.0 Å². The van der Waals surface area contributed by atoms with Gasteiger partial charge in [-0.3, -0.25) is 9.78 Å². The Kier molecular flexibility index (Phi) is 5.40. The summed E-state index contributed by atoms with van der Waals surface area (Å²) in [7, 11) is -2.38. The van der Waals surface area contributed by atoms with E-state index >= 15 is 0 Å². The summed E-state index contributed by atoms with van der Waals surface area (Å²) in [6, 6.07) is 3.04. The molecule has 19 heavy (non-hydrogen) atoms. The highest BCUT2D eigenvalue weighted by molar-refractivity contribution is 7.87. The molecule has 1 unspecified atom stereocenters. The quantitative estimate of drug-likeness (QED) is 0.755. The molecule has 0 spiro atoms. The number of aliphatic carboxylic acids is 1. The second-order valence-electron chi connectivity index (χ2n) is 4.10. The van der Waals surface area contributed by atoms with Crippen molar-refractivity contribution in [2.45, 2.75) is 19.4 Å². The Morgan fingerprint density at radius 3 is 2.79 bits per heavy atom. The smallest absolute Gasteiger partial charge is 0.304 e. The predicted octanol–water partition coefficient (Wildman–Crippen LogP) is 0.384. The number of aromatic nitrogens is 1. The molecule has 0 bridgehead atoms. The van der Waals surface area contributed by atoms with Gasteiger partial charge in [0.05, 0.1) is 6.42 Å². The molecule has 2 N–H and O–H groups in total. The number of hydrogen-bond acceptors (Lipinski definition) is 4. The molecule has 0 saturated heterocycles. The Hall–Kier alpha value is -1.51. The van der Waals surface area contributed by atoms with Crippen LogP contribution in [0, 0.1) is 0 Å². The minimum absolute atomic E-state index is 0.0789. The van der Waals surface area contributed by atoms with Crippen molar-refractivity contribution in [1.29, 1.82) is 0 Å². The highest BCUT2D eigenvalue weighted by Gasteiger charge is 2.21. The minimum Gasteiger partial charge on any atom is -0.481 e. The number of nitrogens with zero attached hydrogens (tertiary/aromatic N) is 2. The number of pyridine rings is 1. The van der Waals surface area contributed by atoms with Crippen LogP contribution < -0.4 is 4.72 Å². The topological polar surface area (TPSA) is 99.6 Å². The Balaban J connectivity index is 2.66. The maximum absolute atomic E-state index is 11.9. The molecule has 0 aliphatic heterocycles. The first-order chi connectivity index (χ1) is 8.83. The molecular weight excluding hydrogens is 270 g/mol.